The van der Waals surface area contributed by atoms with E-state index in [-0.39, 0.29) is 0 Å². The second-order valence-corrected chi connectivity index (χ2v) is 6.85. The minimum atomic E-state index is 0.732. The molecule has 138 valence electrons. The molecular formula is C22H15N7. The normalized spacial score (nSPS) is 11.4. The first-order chi connectivity index (χ1) is 14.3. The zero-order valence-corrected chi connectivity index (χ0v) is 15.2. The van der Waals surface area contributed by atoms with E-state index in [0.717, 1.165) is 56.0 Å². The third-order valence-corrected chi connectivity index (χ3v) is 5.05. The van der Waals surface area contributed by atoms with Gasteiger partial charge in [0.25, 0.3) is 0 Å². The molecule has 0 unspecified atom stereocenters. The van der Waals surface area contributed by atoms with E-state index in [1.165, 1.54) is 6.33 Å². The van der Waals surface area contributed by atoms with E-state index in [1.54, 1.807) is 0 Å². The first-order valence-corrected chi connectivity index (χ1v) is 9.24. The van der Waals surface area contributed by atoms with Gasteiger partial charge in [0, 0.05) is 22.1 Å². The van der Waals surface area contributed by atoms with Crippen LogP contribution in [0.2, 0.25) is 0 Å². The highest BCUT2D eigenvalue weighted by Crippen LogP contribution is 2.31. The average molecular weight is 377 g/mol. The summed E-state index contributed by atoms with van der Waals surface area (Å²) in [6.07, 6.45) is 1.51. The molecular weight excluding hydrogens is 362 g/mol. The molecule has 3 heterocycles. The Labute approximate surface area is 164 Å². The Morgan fingerprint density at radius 3 is 2.48 bits per heavy atom. The van der Waals surface area contributed by atoms with Gasteiger partial charge in [0.2, 0.25) is 0 Å². The lowest BCUT2D eigenvalue weighted by atomic mass is 10.0. The number of hydrogen-bond acceptors (Lipinski definition) is 4. The van der Waals surface area contributed by atoms with Crippen LogP contribution in [0.25, 0.3) is 56.0 Å². The lowest BCUT2D eigenvalue weighted by Gasteiger charge is -2.03. The Morgan fingerprint density at radius 2 is 1.59 bits per heavy atom. The number of rotatable bonds is 3. The molecule has 29 heavy (non-hydrogen) atoms. The van der Waals surface area contributed by atoms with Gasteiger partial charge < -0.3 is 4.98 Å². The summed E-state index contributed by atoms with van der Waals surface area (Å²) in [6, 6.07) is 22.3. The minimum Gasteiger partial charge on any atom is -0.338 e. The van der Waals surface area contributed by atoms with E-state index in [9.17, 15) is 0 Å². The van der Waals surface area contributed by atoms with Crippen LogP contribution in [0.4, 0.5) is 0 Å². The summed E-state index contributed by atoms with van der Waals surface area (Å²) in [6.45, 7) is 0. The fourth-order valence-corrected chi connectivity index (χ4v) is 3.63. The molecule has 6 aromatic rings. The van der Waals surface area contributed by atoms with E-state index >= 15 is 0 Å². The van der Waals surface area contributed by atoms with Gasteiger partial charge in [-0.1, -0.05) is 30.3 Å². The summed E-state index contributed by atoms with van der Waals surface area (Å²) in [5, 5.41) is 15.6. The van der Waals surface area contributed by atoms with Crippen LogP contribution in [0.15, 0.2) is 73.1 Å². The number of benzene rings is 3. The number of imidazole rings is 1. The fraction of sp³-hybridized carbons (Fsp3) is 0. The number of nitrogens with zero attached hydrogens (tertiary/aromatic N) is 4. The molecule has 0 amide bonds. The number of para-hydroxylation sites is 2. The molecule has 0 aliphatic carbocycles. The molecule has 3 N–H and O–H groups in total. The first kappa shape index (κ1) is 15.8. The van der Waals surface area contributed by atoms with Gasteiger partial charge in [-0.2, -0.15) is 10.2 Å². The number of hydrogen-bond donors (Lipinski definition) is 3. The highest BCUT2D eigenvalue weighted by molar-refractivity contribution is 5.95. The quantitative estimate of drug-likeness (QED) is 0.421. The van der Waals surface area contributed by atoms with E-state index < -0.39 is 0 Å². The lowest BCUT2D eigenvalue weighted by Crippen LogP contribution is -1.85. The van der Waals surface area contributed by atoms with Crippen molar-refractivity contribution in [2.45, 2.75) is 0 Å². The van der Waals surface area contributed by atoms with Crippen molar-refractivity contribution in [2.75, 3.05) is 0 Å². The average Bonchev–Trinajstić information content (AvgIpc) is 3.52. The molecule has 6 rings (SSSR count). The molecule has 0 aliphatic rings. The van der Waals surface area contributed by atoms with Crippen molar-refractivity contribution in [2.24, 2.45) is 0 Å². The second-order valence-electron chi connectivity index (χ2n) is 6.85. The van der Waals surface area contributed by atoms with E-state index in [1.807, 2.05) is 42.5 Å². The molecule has 0 saturated carbocycles. The molecule has 7 nitrogen and oxygen atoms in total. The van der Waals surface area contributed by atoms with Crippen LogP contribution in [-0.4, -0.2) is 35.3 Å². The number of aromatic amines is 3. The van der Waals surface area contributed by atoms with Gasteiger partial charge in [-0.05, 0) is 36.4 Å². The highest BCUT2D eigenvalue weighted by atomic mass is 15.2. The Balaban J connectivity index is 1.47. The summed E-state index contributed by atoms with van der Waals surface area (Å²) in [4.78, 5) is 12.3. The molecule has 7 heteroatoms. The zero-order chi connectivity index (χ0) is 19.2. The van der Waals surface area contributed by atoms with Crippen molar-refractivity contribution < 1.29 is 0 Å². The van der Waals surface area contributed by atoms with Gasteiger partial charge in [-0.15, -0.1) is 0 Å². The Morgan fingerprint density at radius 1 is 0.690 bits per heavy atom. The molecule has 0 saturated heterocycles. The van der Waals surface area contributed by atoms with Crippen molar-refractivity contribution in [3.05, 3.63) is 73.1 Å². The van der Waals surface area contributed by atoms with Gasteiger partial charge in [-0.25, -0.2) is 9.97 Å². The first-order valence-electron chi connectivity index (χ1n) is 9.24. The van der Waals surface area contributed by atoms with E-state index in [2.05, 4.69) is 54.6 Å². The lowest BCUT2D eigenvalue weighted by molar-refractivity contribution is 1.10. The monoisotopic (exact) mass is 377 g/mol. The molecule has 0 fully saturated rings. The smallest absolute Gasteiger partial charge is 0.155 e. The standard InChI is InChI=1S/C22H15N7/c1-2-7-19-18(6-1)25-22(26-19)14-5-3-4-13(10-14)20-16-11-15(21-23-12-24-29-21)8-9-17(16)27-28-20/h1-12H,(H,25,26)(H,27,28)(H,23,24,29). The van der Waals surface area contributed by atoms with E-state index in [0.29, 0.717) is 0 Å². The summed E-state index contributed by atoms with van der Waals surface area (Å²) in [7, 11) is 0. The second kappa shape index (κ2) is 6.13. The van der Waals surface area contributed by atoms with Crippen LogP contribution in [-0.2, 0) is 0 Å². The molecule has 0 bridgehead atoms. The predicted molar refractivity (Wildman–Crippen MR) is 112 cm³/mol. The largest absolute Gasteiger partial charge is 0.338 e. The number of fused-ring (bicyclic) bond motifs is 2. The summed E-state index contributed by atoms with van der Waals surface area (Å²) in [5.41, 5.74) is 6.83. The highest BCUT2D eigenvalue weighted by Gasteiger charge is 2.12. The zero-order valence-electron chi connectivity index (χ0n) is 15.2. The van der Waals surface area contributed by atoms with Gasteiger partial charge in [0.1, 0.15) is 12.2 Å². The SMILES string of the molecule is c1cc(-c2nc3ccccc3[nH]2)cc(-c2n[nH]c3ccc(-c4ncn[nH]4)cc23)c1. The van der Waals surface area contributed by atoms with Crippen molar-refractivity contribution in [3.63, 3.8) is 0 Å². The van der Waals surface area contributed by atoms with Gasteiger partial charge in [-0.3, -0.25) is 10.2 Å². The number of H-pyrrole nitrogens is 3. The van der Waals surface area contributed by atoms with Gasteiger partial charge >= 0.3 is 0 Å². The summed E-state index contributed by atoms with van der Waals surface area (Å²) >= 11 is 0. The van der Waals surface area contributed by atoms with E-state index in [4.69, 9.17) is 4.98 Å². The van der Waals surface area contributed by atoms with Crippen LogP contribution < -0.4 is 0 Å². The summed E-state index contributed by atoms with van der Waals surface area (Å²) in [5.74, 6) is 1.57. The van der Waals surface area contributed by atoms with Crippen molar-refractivity contribution in [3.8, 4) is 34.0 Å². The maximum Gasteiger partial charge on any atom is 0.155 e. The topological polar surface area (TPSA) is 98.9 Å². The van der Waals surface area contributed by atoms with Crippen molar-refractivity contribution in [1.82, 2.24) is 35.3 Å². The molecule has 0 atom stereocenters. The predicted octanol–water partition coefficient (Wildman–Crippen LogP) is 4.56. The van der Waals surface area contributed by atoms with Gasteiger partial charge in [0.15, 0.2) is 5.82 Å². The van der Waals surface area contributed by atoms with Crippen molar-refractivity contribution in [1.29, 1.82) is 0 Å². The molecule has 3 aromatic heterocycles. The van der Waals surface area contributed by atoms with Crippen LogP contribution in [0.5, 0.6) is 0 Å². The minimum absolute atomic E-state index is 0.732. The Hall–Kier alpha value is -4.26. The Kier molecular flexibility index (Phi) is 3.33. The number of aromatic nitrogens is 7. The Bertz CT molecular complexity index is 1420. The molecule has 0 aliphatic heterocycles. The summed E-state index contributed by atoms with van der Waals surface area (Å²) < 4.78 is 0. The van der Waals surface area contributed by atoms with Crippen LogP contribution in [0.1, 0.15) is 0 Å². The molecule has 0 radical (unpaired) electrons. The number of nitrogens with one attached hydrogen (secondary N) is 3. The van der Waals surface area contributed by atoms with Crippen molar-refractivity contribution >= 4 is 21.9 Å². The molecule has 0 spiro atoms. The van der Waals surface area contributed by atoms with Crippen LogP contribution in [0, 0.1) is 0 Å². The maximum atomic E-state index is 4.71. The van der Waals surface area contributed by atoms with Crippen LogP contribution in [0.3, 0.4) is 0 Å². The maximum absolute atomic E-state index is 4.71. The third kappa shape index (κ3) is 2.60. The van der Waals surface area contributed by atoms with Crippen LogP contribution >= 0.6 is 0 Å². The third-order valence-electron chi connectivity index (χ3n) is 5.05. The molecule has 3 aromatic carbocycles. The van der Waals surface area contributed by atoms with Gasteiger partial charge in [0.05, 0.1) is 22.2 Å². The fourth-order valence-electron chi connectivity index (χ4n) is 3.63.